The minimum atomic E-state index is 0. The van der Waals surface area contributed by atoms with Crippen LogP contribution < -0.4 is 18.9 Å². The summed E-state index contributed by atoms with van der Waals surface area (Å²) in [6.45, 7) is 0. The van der Waals surface area contributed by atoms with Gasteiger partial charge in [-0.15, -0.1) is 6.07 Å². The van der Waals surface area contributed by atoms with Crippen LogP contribution in [0.3, 0.4) is 0 Å². The van der Waals surface area contributed by atoms with Crippen LogP contribution in [0.2, 0.25) is 0 Å². The van der Waals surface area contributed by atoms with E-state index in [0.717, 1.165) is 11.0 Å². The zero-order valence-corrected chi connectivity index (χ0v) is 6.96. The number of para-hydroxylation sites is 1. The van der Waals surface area contributed by atoms with Crippen molar-refractivity contribution < 1.29 is 18.9 Å². The number of aromatic nitrogens is 2. The van der Waals surface area contributed by atoms with Gasteiger partial charge in [0.05, 0.1) is 0 Å². The summed E-state index contributed by atoms with van der Waals surface area (Å²) in [7, 11) is 0. The van der Waals surface area contributed by atoms with Crippen LogP contribution in [0.1, 0.15) is 0 Å². The maximum absolute atomic E-state index is 4.88. The van der Waals surface area contributed by atoms with Gasteiger partial charge in [0, 0.05) is 0 Å². The van der Waals surface area contributed by atoms with Crippen LogP contribution in [0.5, 0.6) is 0 Å². The molecule has 0 atom stereocenters. The average molecular weight is 156 g/mol. The molecular weight excluding hydrogens is 151 g/mol. The molecule has 0 aliphatic rings. The molecule has 0 amide bonds. The second kappa shape index (κ2) is 3.27. The zero-order valence-electron chi connectivity index (χ0n) is 6.14. The molecule has 0 fully saturated rings. The van der Waals surface area contributed by atoms with Crippen molar-refractivity contribution in [2.45, 2.75) is 0 Å². The molecule has 0 aliphatic carbocycles. The molecule has 0 spiro atoms. The SMILES string of the molecule is S=c1[nH]c2[c-]cccc2[nH]1.[Li+]. The Labute approximate surface area is 81.2 Å². The first-order chi connectivity index (χ1) is 4.86. The molecule has 1 heterocycles. The summed E-state index contributed by atoms with van der Waals surface area (Å²) in [5.41, 5.74) is 1.94. The summed E-state index contributed by atoms with van der Waals surface area (Å²) < 4.78 is 0.650. The molecule has 0 saturated carbocycles. The van der Waals surface area contributed by atoms with Crippen LogP contribution in [0.25, 0.3) is 11.0 Å². The number of benzene rings is 1. The van der Waals surface area contributed by atoms with E-state index in [2.05, 4.69) is 16.0 Å². The molecule has 0 aliphatic heterocycles. The number of hydrogen-bond acceptors (Lipinski definition) is 1. The maximum Gasteiger partial charge on any atom is 1.00 e. The standard InChI is InChI=1S/C7H5N2S.Li/c10-7-8-5-3-1-2-4-6(5)9-7;/h1-3H,(H2,8,9,10);/q-1;+1. The van der Waals surface area contributed by atoms with E-state index in [1.165, 1.54) is 0 Å². The van der Waals surface area contributed by atoms with Crippen LogP contribution in [-0.2, 0) is 0 Å². The third-order valence-electron chi connectivity index (χ3n) is 1.34. The third-order valence-corrected chi connectivity index (χ3v) is 1.55. The topological polar surface area (TPSA) is 31.6 Å². The molecule has 11 heavy (non-hydrogen) atoms. The van der Waals surface area contributed by atoms with Gasteiger partial charge >= 0.3 is 18.9 Å². The molecule has 4 heteroatoms. The Morgan fingerprint density at radius 3 is 2.91 bits per heavy atom. The van der Waals surface area contributed by atoms with Crippen LogP contribution in [0.4, 0.5) is 0 Å². The quantitative estimate of drug-likeness (QED) is 0.287. The number of imidazole rings is 1. The van der Waals surface area contributed by atoms with Crippen molar-refractivity contribution in [1.82, 2.24) is 9.97 Å². The van der Waals surface area contributed by atoms with Gasteiger partial charge in [-0.05, 0) is 17.7 Å². The normalized spacial score (nSPS) is 9.45. The summed E-state index contributed by atoms with van der Waals surface area (Å²) >= 11 is 4.88. The Morgan fingerprint density at radius 1 is 1.36 bits per heavy atom. The predicted molar refractivity (Wildman–Crippen MR) is 42.3 cm³/mol. The van der Waals surface area contributed by atoms with E-state index in [0.29, 0.717) is 4.77 Å². The Balaban J connectivity index is 0.000000605. The monoisotopic (exact) mass is 156 g/mol. The van der Waals surface area contributed by atoms with Gasteiger partial charge < -0.3 is 9.97 Å². The summed E-state index contributed by atoms with van der Waals surface area (Å²) in [6.07, 6.45) is 0. The van der Waals surface area contributed by atoms with Crippen molar-refractivity contribution in [3.05, 3.63) is 29.0 Å². The Bertz CT molecular complexity index is 368. The second-order valence-corrected chi connectivity index (χ2v) is 2.45. The van der Waals surface area contributed by atoms with Crippen molar-refractivity contribution in [2.75, 3.05) is 0 Å². The fourth-order valence-electron chi connectivity index (χ4n) is 0.912. The number of rotatable bonds is 0. The maximum atomic E-state index is 4.88. The van der Waals surface area contributed by atoms with Crippen molar-refractivity contribution in [3.63, 3.8) is 0 Å². The molecule has 2 rings (SSSR count). The van der Waals surface area contributed by atoms with Crippen molar-refractivity contribution in [3.8, 4) is 0 Å². The molecule has 0 radical (unpaired) electrons. The fourth-order valence-corrected chi connectivity index (χ4v) is 1.12. The van der Waals surface area contributed by atoms with Crippen LogP contribution >= 0.6 is 12.2 Å². The summed E-state index contributed by atoms with van der Waals surface area (Å²) in [5.74, 6) is 0. The van der Waals surface area contributed by atoms with E-state index in [1.807, 2.05) is 18.2 Å². The van der Waals surface area contributed by atoms with Crippen molar-refractivity contribution in [1.29, 1.82) is 0 Å². The van der Waals surface area contributed by atoms with Gasteiger partial charge in [-0.2, -0.15) is 18.2 Å². The third kappa shape index (κ3) is 1.56. The predicted octanol–water partition coefficient (Wildman–Crippen LogP) is -0.970. The van der Waals surface area contributed by atoms with E-state index in [-0.39, 0.29) is 18.9 Å². The number of nitrogens with one attached hydrogen (secondary N) is 2. The number of hydrogen-bond donors (Lipinski definition) is 2. The minimum absolute atomic E-state index is 0. The number of fused-ring (bicyclic) bond motifs is 1. The minimum Gasteiger partial charge on any atom is -0.384 e. The molecule has 0 unspecified atom stereocenters. The second-order valence-electron chi connectivity index (χ2n) is 2.04. The number of H-pyrrole nitrogens is 2. The first-order valence-electron chi connectivity index (χ1n) is 2.95. The largest absolute Gasteiger partial charge is 1.00 e. The molecule has 2 N–H and O–H groups in total. The van der Waals surface area contributed by atoms with E-state index in [9.17, 15) is 0 Å². The van der Waals surface area contributed by atoms with Gasteiger partial charge in [0.2, 0.25) is 0 Å². The van der Waals surface area contributed by atoms with Crippen LogP contribution in [-0.4, -0.2) is 9.97 Å². The summed E-state index contributed by atoms with van der Waals surface area (Å²) in [4.78, 5) is 5.95. The fraction of sp³-hybridized carbons (Fsp3) is 0. The molecule has 0 saturated heterocycles. The van der Waals surface area contributed by atoms with Gasteiger partial charge in [-0.25, -0.2) is 0 Å². The Kier molecular flexibility index (Phi) is 2.56. The van der Waals surface area contributed by atoms with Gasteiger partial charge in [0.25, 0.3) is 0 Å². The number of aromatic amines is 2. The first-order valence-corrected chi connectivity index (χ1v) is 3.36. The summed E-state index contributed by atoms with van der Waals surface area (Å²) in [5, 5.41) is 0. The molecule has 1 aromatic heterocycles. The van der Waals surface area contributed by atoms with Gasteiger partial charge in [0.1, 0.15) is 0 Å². The molecule has 50 valence electrons. The van der Waals surface area contributed by atoms with E-state index in [1.54, 1.807) is 0 Å². The van der Waals surface area contributed by atoms with E-state index < -0.39 is 0 Å². The molecule has 0 bridgehead atoms. The van der Waals surface area contributed by atoms with Crippen LogP contribution in [0.15, 0.2) is 18.2 Å². The van der Waals surface area contributed by atoms with Gasteiger partial charge in [-0.1, -0.05) is 5.52 Å². The first kappa shape index (κ1) is 8.60. The van der Waals surface area contributed by atoms with Crippen molar-refractivity contribution >= 4 is 23.3 Å². The Morgan fingerprint density at radius 2 is 2.18 bits per heavy atom. The van der Waals surface area contributed by atoms with Gasteiger partial charge in [0.15, 0.2) is 4.77 Å². The van der Waals surface area contributed by atoms with E-state index in [4.69, 9.17) is 12.2 Å². The molecule has 2 nitrogen and oxygen atoms in total. The summed E-state index contributed by atoms with van der Waals surface area (Å²) in [6, 6.07) is 8.74. The molecule has 2 aromatic rings. The van der Waals surface area contributed by atoms with Gasteiger partial charge in [-0.3, -0.25) is 0 Å². The molecular formula is C7H5LiN2S. The Hall–Kier alpha value is -0.493. The zero-order chi connectivity index (χ0) is 6.97. The molecule has 1 aromatic carbocycles. The van der Waals surface area contributed by atoms with Crippen LogP contribution in [0, 0.1) is 10.8 Å². The average Bonchev–Trinajstić information content (AvgIpc) is 2.27. The smallest absolute Gasteiger partial charge is 0.384 e. The van der Waals surface area contributed by atoms with Crippen molar-refractivity contribution in [2.24, 2.45) is 0 Å². The van der Waals surface area contributed by atoms with E-state index >= 15 is 0 Å².